The van der Waals surface area contributed by atoms with Crippen LogP contribution in [0.3, 0.4) is 0 Å². The molecule has 2 rings (SSSR count). The number of halogens is 2. The molecule has 3 nitrogen and oxygen atoms in total. The minimum absolute atomic E-state index is 0.191. The van der Waals surface area contributed by atoms with E-state index in [4.69, 9.17) is 0 Å². The van der Waals surface area contributed by atoms with Crippen LogP contribution in [0, 0.1) is 5.82 Å². The van der Waals surface area contributed by atoms with Crippen LogP contribution < -0.4 is 5.32 Å². The van der Waals surface area contributed by atoms with Gasteiger partial charge in [0.1, 0.15) is 5.82 Å². The Morgan fingerprint density at radius 2 is 2.33 bits per heavy atom. The lowest BCUT2D eigenvalue weighted by molar-refractivity contribution is 0.0953. The molecule has 0 aliphatic heterocycles. The molecule has 18 heavy (non-hydrogen) atoms. The largest absolute Gasteiger partial charge is 0.352 e. The standard InChI is InChI=1S/C12H10BrFN2OS/c13-11-9(2-1-3-10(11)14)12(17)15-5-4-8-6-18-7-16-8/h1-3,6-7H,4-5H2,(H,15,17). The van der Waals surface area contributed by atoms with Gasteiger partial charge in [-0.2, -0.15) is 0 Å². The minimum Gasteiger partial charge on any atom is -0.352 e. The third-order valence-corrected chi connectivity index (χ3v) is 3.79. The molecule has 2 aromatic rings. The van der Waals surface area contributed by atoms with Crippen molar-refractivity contribution < 1.29 is 9.18 Å². The van der Waals surface area contributed by atoms with Crippen molar-refractivity contribution in [2.24, 2.45) is 0 Å². The molecule has 0 saturated carbocycles. The van der Waals surface area contributed by atoms with Crippen LogP contribution in [0.4, 0.5) is 4.39 Å². The van der Waals surface area contributed by atoms with Gasteiger partial charge in [-0.15, -0.1) is 11.3 Å². The molecule has 1 aromatic carbocycles. The molecule has 1 N–H and O–H groups in total. The highest BCUT2D eigenvalue weighted by Crippen LogP contribution is 2.20. The monoisotopic (exact) mass is 328 g/mol. The van der Waals surface area contributed by atoms with Crippen molar-refractivity contribution >= 4 is 33.2 Å². The summed E-state index contributed by atoms with van der Waals surface area (Å²) in [5.74, 6) is -0.737. The third-order valence-electron chi connectivity index (χ3n) is 2.35. The molecule has 1 aromatic heterocycles. The summed E-state index contributed by atoms with van der Waals surface area (Å²) in [6, 6.07) is 4.39. The normalized spacial score (nSPS) is 10.3. The number of carbonyl (C=O) groups is 1. The molecular formula is C12H10BrFN2OS. The summed E-state index contributed by atoms with van der Waals surface area (Å²) < 4.78 is 13.4. The number of aromatic nitrogens is 1. The highest BCUT2D eigenvalue weighted by atomic mass is 79.9. The zero-order valence-electron chi connectivity index (χ0n) is 9.32. The third kappa shape index (κ3) is 3.14. The number of thiazole rings is 1. The van der Waals surface area contributed by atoms with Crippen LogP contribution in [0.5, 0.6) is 0 Å². The van der Waals surface area contributed by atoms with Gasteiger partial charge in [0.05, 0.1) is 21.2 Å². The number of carbonyl (C=O) groups excluding carboxylic acids is 1. The number of benzene rings is 1. The molecule has 0 bridgehead atoms. The lowest BCUT2D eigenvalue weighted by Gasteiger charge is -2.06. The molecule has 94 valence electrons. The zero-order valence-corrected chi connectivity index (χ0v) is 11.7. The molecule has 1 heterocycles. The summed E-state index contributed by atoms with van der Waals surface area (Å²) in [5, 5.41) is 4.67. The van der Waals surface area contributed by atoms with E-state index in [0.29, 0.717) is 18.5 Å². The van der Waals surface area contributed by atoms with E-state index in [0.717, 1.165) is 5.69 Å². The van der Waals surface area contributed by atoms with E-state index in [-0.39, 0.29) is 10.4 Å². The smallest absolute Gasteiger partial charge is 0.252 e. The second-order valence-corrected chi connectivity index (χ2v) is 5.10. The van der Waals surface area contributed by atoms with Gasteiger partial charge >= 0.3 is 0 Å². The van der Waals surface area contributed by atoms with Gasteiger partial charge in [0.25, 0.3) is 5.91 Å². The van der Waals surface area contributed by atoms with Crippen LogP contribution >= 0.6 is 27.3 Å². The molecule has 0 aliphatic carbocycles. The molecule has 6 heteroatoms. The van der Waals surface area contributed by atoms with E-state index in [1.807, 2.05) is 5.38 Å². The number of hydrogen-bond acceptors (Lipinski definition) is 3. The van der Waals surface area contributed by atoms with Crippen LogP contribution in [0.25, 0.3) is 0 Å². The first-order chi connectivity index (χ1) is 8.68. The van der Waals surface area contributed by atoms with Gasteiger partial charge in [0.2, 0.25) is 0 Å². The van der Waals surface area contributed by atoms with Gasteiger partial charge in [0.15, 0.2) is 0 Å². The van der Waals surface area contributed by atoms with Crippen molar-refractivity contribution in [2.45, 2.75) is 6.42 Å². The molecule has 0 aliphatic rings. The zero-order chi connectivity index (χ0) is 13.0. The number of rotatable bonds is 4. The van der Waals surface area contributed by atoms with Crippen LogP contribution in [0.1, 0.15) is 16.1 Å². The summed E-state index contributed by atoms with van der Waals surface area (Å²) >= 11 is 4.58. The number of nitrogens with one attached hydrogen (secondary N) is 1. The van der Waals surface area contributed by atoms with Crippen molar-refractivity contribution in [3.63, 3.8) is 0 Å². The Kier molecular flexibility index (Phi) is 4.43. The number of nitrogens with zero attached hydrogens (tertiary/aromatic N) is 1. The fourth-order valence-electron chi connectivity index (χ4n) is 1.44. The second-order valence-electron chi connectivity index (χ2n) is 3.59. The Labute approximate surface area is 116 Å². The Bertz CT molecular complexity index is 545. The molecule has 0 spiro atoms. The summed E-state index contributed by atoms with van der Waals surface area (Å²) in [6.07, 6.45) is 0.669. The number of hydrogen-bond donors (Lipinski definition) is 1. The average molecular weight is 329 g/mol. The topological polar surface area (TPSA) is 42.0 Å². The first-order valence-electron chi connectivity index (χ1n) is 5.28. The van der Waals surface area contributed by atoms with Gasteiger partial charge in [-0.25, -0.2) is 9.37 Å². The van der Waals surface area contributed by atoms with E-state index in [1.165, 1.54) is 23.5 Å². The molecule has 0 unspecified atom stereocenters. The molecule has 0 saturated heterocycles. The maximum absolute atomic E-state index is 13.2. The van der Waals surface area contributed by atoms with Gasteiger partial charge < -0.3 is 5.32 Å². The molecule has 0 radical (unpaired) electrons. The van der Waals surface area contributed by atoms with Crippen molar-refractivity contribution in [1.82, 2.24) is 10.3 Å². The first-order valence-corrected chi connectivity index (χ1v) is 7.01. The highest BCUT2D eigenvalue weighted by Gasteiger charge is 2.12. The van der Waals surface area contributed by atoms with Gasteiger partial charge in [0, 0.05) is 18.3 Å². The summed E-state index contributed by atoms with van der Waals surface area (Å²) in [5.41, 5.74) is 2.99. The predicted molar refractivity (Wildman–Crippen MR) is 72.3 cm³/mol. The number of amides is 1. The Morgan fingerprint density at radius 3 is 3.06 bits per heavy atom. The van der Waals surface area contributed by atoms with Gasteiger partial charge in [-0.3, -0.25) is 4.79 Å². The van der Waals surface area contributed by atoms with Crippen LogP contribution in [-0.4, -0.2) is 17.4 Å². The summed E-state index contributed by atoms with van der Waals surface area (Å²) in [4.78, 5) is 15.9. The van der Waals surface area contributed by atoms with Crippen molar-refractivity contribution in [3.05, 3.63) is 50.6 Å². The second kappa shape index (κ2) is 6.06. The predicted octanol–water partition coefficient (Wildman–Crippen LogP) is 3.02. The Hall–Kier alpha value is -1.27. The Morgan fingerprint density at radius 1 is 1.50 bits per heavy atom. The fourth-order valence-corrected chi connectivity index (χ4v) is 2.48. The maximum atomic E-state index is 13.2. The van der Waals surface area contributed by atoms with Crippen LogP contribution in [-0.2, 0) is 6.42 Å². The quantitative estimate of drug-likeness (QED) is 0.937. The van der Waals surface area contributed by atoms with E-state index in [9.17, 15) is 9.18 Å². The molecule has 0 atom stereocenters. The first kappa shape index (κ1) is 13.2. The average Bonchev–Trinajstić information content (AvgIpc) is 2.85. The Balaban J connectivity index is 1.93. The fraction of sp³-hybridized carbons (Fsp3) is 0.167. The lowest BCUT2D eigenvalue weighted by atomic mass is 10.2. The minimum atomic E-state index is -0.442. The van der Waals surface area contributed by atoms with Crippen molar-refractivity contribution in [1.29, 1.82) is 0 Å². The SMILES string of the molecule is O=C(NCCc1cscn1)c1cccc(F)c1Br. The van der Waals surface area contributed by atoms with Crippen molar-refractivity contribution in [2.75, 3.05) is 6.54 Å². The molecular weight excluding hydrogens is 319 g/mol. The summed E-state index contributed by atoms with van der Waals surface area (Å²) in [7, 11) is 0. The van der Waals surface area contributed by atoms with Gasteiger partial charge in [-0.05, 0) is 28.1 Å². The highest BCUT2D eigenvalue weighted by molar-refractivity contribution is 9.10. The summed E-state index contributed by atoms with van der Waals surface area (Å²) in [6.45, 7) is 0.478. The molecule has 0 fully saturated rings. The lowest BCUT2D eigenvalue weighted by Crippen LogP contribution is -2.26. The van der Waals surface area contributed by atoms with Gasteiger partial charge in [-0.1, -0.05) is 6.07 Å². The van der Waals surface area contributed by atoms with Crippen LogP contribution in [0.15, 0.2) is 33.6 Å². The van der Waals surface area contributed by atoms with Crippen molar-refractivity contribution in [3.8, 4) is 0 Å². The van der Waals surface area contributed by atoms with E-state index < -0.39 is 5.82 Å². The van der Waals surface area contributed by atoms with Crippen LogP contribution in [0.2, 0.25) is 0 Å². The maximum Gasteiger partial charge on any atom is 0.252 e. The van der Waals surface area contributed by atoms with E-state index in [1.54, 1.807) is 11.6 Å². The van der Waals surface area contributed by atoms with E-state index in [2.05, 4.69) is 26.2 Å². The van der Waals surface area contributed by atoms with E-state index >= 15 is 0 Å². The molecule has 1 amide bonds.